The van der Waals surface area contributed by atoms with E-state index in [1.54, 1.807) is 0 Å². The zero-order valence-corrected chi connectivity index (χ0v) is 20.0. The van der Waals surface area contributed by atoms with Crippen LogP contribution in [0.4, 0.5) is 4.79 Å². The molecule has 0 saturated heterocycles. The summed E-state index contributed by atoms with van der Waals surface area (Å²) >= 11 is 16.7. The Morgan fingerprint density at radius 2 is 1.61 bits per heavy atom. The summed E-state index contributed by atoms with van der Waals surface area (Å²) in [5.74, 6) is -2.04. The second-order valence-electron chi connectivity index (χ2n) is 5.28. The summed E-state index contributed by atoms with van der Waals surface area (Å²) in [6.07, 6.45) is -1.29. The van der Waals surface area contributed by atoms with E-state index in [1.807, 2.05) is 0 Å². The van der Waals surface area contributed by atoms with Gasteiger partial charge in [0.05, 0.1) is 27.4 Å². The minimum atomic E-state index is -4.34. The van der Waals surface area contributed by atoms with Crippen molar-refractivity contribution in [2.45, 2.75) is 24.3 Å². The van der Waals surface area contributed by atoms with E-state index in [4.69, 9.17) is 48.6 Å². The minimum Gasteiger partial charge on any atom is -0.464 e. The molecule has 13 nitrogen and oxygen atoms in total. The number of hydrogen-bond donors (Lipinski definition) is 0. The van der Waals surface area contributed by atoms with Crippen LogP contribution >= 0.6 is 42.5 Å². The van der Waals surface area contributed by atoms with Crippen LogP contribution in [0.2, 0.25) is 0 Å². The highest BCUT2D eigenvalue weighted by molar-refractivity contribution is 7.52. The standard InChI is InChI=1S/C14H20Cl3N4O9P/c1-5-29-31(25,30-6-2)21(13(24)28-7-14(15,16)17)8-20-10(12(23)27-4)9(18-19-20)11(22)26-3/h5-8H2,1-4H3. The quantitative estimate of drug-likeness (QED) is 0.192. The van der Waals surface area contributed by atoms with Crippen LogP contribution in [0.3, 0.4) is 0 Å². The van der Waals surface area contributed by atoms with Crippen molar-refractivity contribution < 1.29 is 42.2 Å². The zero-order chi connectivity index (χ0) is 23.8. The number of esters is 2. The molecule has 1 amide bonds. The van der Waals surface area contributed by atoms with E-state index in [0.29, 0.717) is 4.67 Å². The Morgan fingerprint density at radius 1 is 1.06 bits per heavy atom. The Hall–Kier alpha value is -1.63. The summed E-state index contributed by atoms with van der Waals surface area (Å²) in [6.45, 7) is 1.27. The number of ether oxygens (including phenoxy) is 3. The molecule has 0 atom stereocenters. The summed E-state index contributed by atoms with van der Waals surface area (Å²) in [6, 6.07) is 0. The first-order chi connectivity index (χ1) is 14.4. The molecule has 0 radical (unpaired) electrons. The van der Waals surface area contributed by atoms with E-state index in [9.17, 15) is 18.9 Å². The van der Waals surface area contributed by atoms with E-state index in [2.05, 4.69) is 19.8 Å². The van der Waals surface area contributed by atoms with Gasteiger partial charge in [0.1, 0.15) is 13.3 Å². The SMILES string of the molecule is CCOP(=O)(OCC)N(Cn1nnc(C(=O)OC)c1C(=O)OC)C(=O)OCC(Cl)(Cl)Cl. The largest absolute Gasteiger partial charge is 0.464 e. The Bertz CT molecular complexity index is 835. The molecule has 0 aliphatic carbocycles. The maximum Gasteiger partial charge on any atom is 0.441 e. The van der Waals surface area contributed by atoms with Crippen molar-refractivity contribution in [2.75, 3.05) is 34.0 Å². The van der Waals surface area contributed by atoms with E-state index >= 15 is 0 Å². The molecule has 1 aromatic heterocycles. The lowest BCUT2D eigenvalue weighted by atomic mass is 10.3. The summed E-state index contributed by atoms with van der Waals surface area (Å²) in [4.78, 5) is 36.8. The third-order valence-corrected chi connectivity index (χ3v) is 5.59. The highest BCUT2D eigenvalue weighted by atomic mass is 35.6. The van der Waals surface area contributed by atoms with Gasteiger partial charge >= 0.3 is 25.8 Å². The van der Waals surface area contributed by atoms with Crippen LogP contribution in [0.1, 0.15) is 34.8 Å². The Morgan fingerprint density at radius 3 is 2.06 bits per heavy atom. The van der Waals surface area contributed by atoms with Crippen LogP contribution < -0.4 is 0 Å². The number of alkyl halides is 3. The summed E-state index contributed by atoms with van der Waals surface area (Å²) < 4.78 is 36.8. The number of hydrogen-bond acceptors (Lipinski definition) is 11. The van der Waals surface area contributed by atoms with Gasteiger partial charge < -0.3 is 14.2 Å². The fraction of sp³-hybridized carbons (Fsp3) is 0.643. The van der Waals surface area contributed by atoms with E-state index in [1.165, 1.54) is 13.8 Å². The molecule has 31 heavy (non-hydrogen) atoms. The van der Waals surface area contributed by atoms with Crippen molar-refractivity contribution in [3.8, 4) is 0 Å². The van der Waals surface area contributed by atoms with E-state index < -0.39 is 54.2 Å². The van der Waals surface area contributed by atoms with Gasteiger partial charge in [0.25, 0.3) is 0 Å². The van der Waals surface area contributed by atoms with Crippen LogP contribution in [0.25, 0.3) is 0 Å². The molecule has 0 aromatic carbocycles. The van der Waals surface area contributed by atoms with Gasteiger partial charge in [-0.05, 0) is 13.8 Å². The number of carbonyl (C=O) groups excluding carboxylic acids is 3. The van der Waals surface area contributed by atoms with Crippen LogP contribution in [0.15, 0.2) is 0 Å². The topological polar surface area (TPSA) is 148 Å². The van der Waals surface area contributed by atoms with Crippen LogP contribution in [0.5, 0.6) is 0 Å². The number of methoxy groups -OCH3 is 2. The molecule has 0 bridgehead atoms. The number of amides is 1. The lowest BCUT2D eigenvalue weighted by molar-refractivity contribution is 0.0537. The number of rotatable bonds is 10. The third-order valence-electron chi connectivity index (χ3n) is 3.21. The molecule has 1 rings (SSSR count). The van der Waals surface area contributed by atoms with Crippen molar-refractivity contribution >= 4 is 60.6 Å². The van der Waals surface area contributed by atoms with Crippen molar-refractivity contribution in [1.29, 1.82) is 0 Å². The molecule has 0 unspecified atom stereocenters. The second kappa shape index (κ2) is 11.8. The smallest absolute Gasteiger partial charge is 0.441 e. The average Bonchev–Trinajstić information content (AvgIpc) is 3.12. The maximum atomic E-state index is 13.2. The van der Waals surface area contributed by atoms with Gasteiger partial charge in [-0.25, -0.2) is 23.6 Å². The van der Waals surface area contributed by atoms with Gasteiger partial charge in [0.2, 0.25) is 9.49 Å². The predicted molar refractivity (Wildman–Crippen MR) is 107 cm³/mol. The maximum absolute atomic E-state index is 13.2. The van der Waals surface area contributed by atoms with Gasteiger partial charge in [-0.1, -0.05) is 40.0 Å². The lowest BCUT2D eigenvalue weighted by Crippen LogP contribution is -2.35. The first kappa shape index (κ1) is 27.4. The molecule has 1 heterocycles. The zero-order valence-electron chi connectivity index (χ0n) is 16.9. The number of carbonyl (C=O) groups is 3. The molecule has 0 fully saturated rings. The molecule has 0 saturated carbocycles. The molecular formula is C14H20Cl3N4O9P. The fourth-order valence-corrected chi connectivity index (χ4v) is 3.73. The van der Waals surface area contributed by atoms with Gasteiger partial charge in [0.15, 0.2) is 5.69 Å². The van der Waals surface area contributed by atoms with Crippen LogP contribution in [-0.2, 0) is 34.5 Å². The Kier molecular flexibility index (Phi) is 10.5. The average molecular weight is 526 g/mol. The van der Waals surface area contributed by atoms with Gasteiger partial charge in [-0.2, -0.15) is 4.67 Å². The highest BCUT2D eigenvalue weighted by Crippen LogP contribution is 2.52. The van der Waals surface area contributed by atoms with E-state index in [-0.39, 0.29) is 13.2 Å². The normalized spacial score (nSPS) is 11.7. The number of aromatic nitrogens is 3. The molecule has 17 heteroatoms. The Labute approximate surface area is 192 Å². The first-order valence-electron chi connectivity index (χ1n) is 8.44. The molecule has 1 aromatic rings. The Balaban J connectivity index is 3.46. The molecule has 0 aliphatic rings. The highest BCUT2D eigenvalue weighted by Gasteiger charge is 2.41. The van der Waals surface area contributed by atoms with Gasteiger partial charge in [0, 0.05) is 0 Å². The monoisotopic (exact) mass is 524 g/mol. The summed E-state index contributed by atoms with van der Waals surface area (Å²) in [5.41, 5.74) is -1.00. The summed E-state index contributed by atoms with van der Waals surface area (Å²) in [7, 11) is -2.24. The van der Waals surface area contributed by atoms with Crippen LogP contribution in [0, 0.1) is 0 Å². The molecule has 0 aliphatic heterocycles. The fourth-order valence-electron chi connectivity index (χ4n) is 2.03. The molecule has 0 N–H and O–H groups in total. The lowest BCUT2D eigenvalue weighted by Gasteiger charge is -2.29. The van der Waals surface area contributed by atoms with Crippen molar-refractivity contribution in [2.24, 2.45) is 0 Å². The number of nitrogens with zero attached hydrogens (tertiary/aromatic N) is 4. The second-order valence-corrected chi connectivity index (χ2v) is 9.74. The van der Waals surface area contributed by atoms with Crippen molar-refractivity contribution in [3.63, 3.8) is 0 Å². The van der Waals surface area contributed by atoms with E-state index in [0.717, 1.165) is 18.9 Å². The predicted octanol–water partition coefficient (Wildman–Crippen LogP) is 2.80. The van der Waals surface area contributed by atoms with Gasteiger partial charge in [-0.3, -0.25) is 9.05 Å². The first-order valence-corrected chi connectivity index (χ1v) is 11.1. The molecule has 0 spiro atoms. The summed E-state index contributed by atoms with van der Waals surface area (Å²) in [5, 5.41) is 7.18. The molecule has 176 valence electrons. The van der Waals surface area contributed by atoms with Crippen LogP contribution in [-0.4, -0.2) is 75.5 Å². The third kappa shape index (κ3) is 7.48. The van der Waals surface area contributed by atoms with Gasteiger partial charge in [-0.15, -0.1) is 5.10 Å². The van der Waals surface area contributed by atoms with Crippen molar-refractivity contribution in [3.05, 3.63) is 11.4 Å². The van der Waals surface area contributed by atoms with Crippen molar-refractivity contribution in [1.82, 2.24) is 19.7 Å². The minimum absolute atomic E-state index is 0.125. The number of halogens is 3. The molecular weight excluding hydrogens is 506 g/mol.